The van der Waals surface area contributed by atoms with Gasteiger partial charge in [0.25, 0.3) is 11.8 Å². The highest BCUT2D eigenvalue weighted by Gasteiger charge is 2.41. The average molecular weight is 627 g/mol. The van der Waals surface area contributed by atoms with Crippen LogP contribution in [0.4, 0.5) is 22.9 Å². The number of para-hydroxylation sites is 1. The Hall–Kier alpha value is -5.24. The van der Waals surface area contributed by atoms with Gasteiger partial charge in [-0.2, -0.15) is 5.10 Å². The number of rotatable bonds is 9. The third kappa shape index (κ3) is 5.47. The van der Waals surface area contributed by atoms with E-state index in [-0.39, 0.29) is 35.1 Å². The van der Waals surface area contributed by atoms with Gasteiger partial charge in [0.15, 0.2) is 11.5 Å². The Kier molecular flexibility index (Phi) is 7.46. The van der Waals surface area contributed by atoms with Crippen LogP contribution < -0.4 is 26.6 Å². The Morgan fingerprint density at radius 2 is 1.79 bits per heavy atom. The molecule has 0 atom stereocenters. The molecule has 2 aliphatic heterocycles. The third-order valence-electron chi connectivity index (χ3n) is 8.84. The van der Waals surface area contributed by atoms with Crippen LogP contribution in [-0.2, 0) is 16.7 Å². The quantitative estimate of drug-likeness (QED) is 0.198. The molecule has 3 aliphatic rings. The van der Waals surface area contributed by atoms with E-state index in [0.29, 0.717) is 31.0 Å². The van der Waals surface area contributed by atoms with E-state index in [2.05, 4.69) is 36.0 Å². The monoisotopic (exact) mass is 627 g/mol. The molecule has 1 aromatic carbocycles. The Morgan fingerprint density at radius 3 is 2.51 bits per heavy atom. The van der Waals surface area contributed by atoms with E-state index in [9.17, 15) is 14.4 Å². The van der Waals surface area contributed by atoms with Crippen molar-refractivity contribution in [1.82, 2.24) is 35.2 Å². The summed E-state index contributed by atoms with van der Waals surface area (Å²) in [6.07, 6.45) is 3.57. The van der Waals surface area contributed by atoms with Crippen LogP contribution in [0.3, 0.4) is 0 Å². The summed E-state index contributed by atoms with van der Waals surface area (Å²) in [5, 5.41) is 20.4. The fourth-order valence-electron chi connectivity index (χ4n) is 6.08. The number of nitrogens with two attached hydrogens (primary N) is 1. The molecule has 234 valence electrons. The maximum Gasteiger partial charge on any atom is 0.273 e. The molecule has 2 fully saturated rings. The first-order valence-electron chi connectivity index (χ1n) is 15.2. The van der Waals surface area contributed by atoms with Crippen LogP contribution in [-0.4, -0.2) is 90.5 Å². The zero-order valence-electron chi connectivity index (χ0n) is 25.9. The lowest BCUT2D eigenvalue weighted by molar-refractivity contribution is -0.117. The number of aromatic nitrogens is 5. The second-order valence-electron chi connectivity index (χ2n) is 12.1. The van der Waals surface area contributed by atoms with E-state index in [1.807, 2.05) is 41.0 Å². The maximum absolute atomic E-state index is 12.7. The zero-order valence-corrected chi connectivity index (χ0v) is 25.9. The van der Waals surface area contributed by atoms with Crippen LogP contribution in [0.1, 0.15) is 51.2 Å². The van der Waals surface area contributed by atoms with Crippen LogP contribution in [0, 0.1) is 5.92 Å². The average Bonchev–Trinajstić information content (AvgIpc) is 3.81. The fraction of sp³-hybridized carbons (Fsp3) is 0.323. The molecule has 4 aromatic rings. The molecule has 0 unspecified atom stereocenters. The number of primary amides is 1. The molecule has 47 heavy (non-hydrogen) atoms. The zero-order chi connectivity index (χ0) is 33.0. The molecule has 1 saturated heterocycles. The standard InChI is InChI=1S/C31H31B2N11O3/c1-35-30(47)26-22(11-25(40-41-26)39-29(46)16-9-10-16)37-20-6-3-5-18-19-12-36-44(23(19)15-42(2)27(18)20)17-13-43(14-17)31(32,33)24-8-4-7-21(38-24)28(34)45/h3-8,11-12,16-17H,9-10,13-15H2,1-2H3,(H2,34,45)(H,35,47)(H2,37,39,40,46). The summed E-state index contributed by atoms with van der Waals surface area (Å²) < 4.78 is 2.01. The highest BCUT2D eigenvalue weighted by molar-refractivity contribution is 6.39. The molecule has 16 heteroatoms. The van der Waals surface area contributed by atoms with Gasteiger partial charge in [0, 0.05) is 56.0 Å². The number of anilines is 4. The van der Waals surface area contributed by atoms with Crippen molar-refractivity contribution in [1.29, 1.82) is 0 Å². The summed E-state index contributed by atoms with van der Waals surface area (Å²) >= 11 is 0. The first-order valence-corrected chi connectivity index (χ1v) is 15.2. The number of nitrogens with zero attached hydrogens (tertiary/aromatic N) is 7. The summed E-state index contributed by atoms with van der Waals surface area (Å²) in [5.74, 6) is -0.909. The Balaban J connectivity index is 1.14. The number of pyridine rings is 1. The highest BCUT2D eigenvalue weighted by atomic mass is 16.2. The third-order valence-corrected chi connectivity index (χ3v) is 8.84. The van der Waals surface area contributed by atoms with Gasteiger partial charge in [0.1, 0.15) is 5.69 Å². The van der Waals surface area contributed by atoms with Crippen molar-refractivity contribution < 1.29 is 14.4 Å². The number of carbonyl (C=O) groups is 3. The molecule has 0 spiro atoms. The topological polar surface area (TPSA) is 176 Å². The van der Waals surface area contributed by atoms with Gasteiger partial charge in [-0.15, -0.1) is 10.2 Å². The lowest BCUT2D eigenvalue weighted by Gasteiger charge is -2.50. The number of hydrogen-bond donors (Lipinski definition) is 4. The van der Waals surface area contributed by atoms with Gasteiger partial charge in [-0.25, -0.2) is 4.98 Å². The van der Waals surface area contributed by atoms with E-state index in [1.165, 1.54) is 13.1 Å². The minimum absolute atomic E-state index is 0.00902. The molecule has 3 aromatic heterocycles. The van der Waals surface area contributed by atoms with Crippen molar-refractivity contribution >= 4 is 56.3 Å². The summed E-state index contributed by atoms with van der Waals surface area (Å²) in [6.45, 7) is 1.62. The smallest absolute Gasteiger partial charge is 0.273 e. The number of amides is 3. The molecule has 4 radical (unpaired) electrons. The number of fused-ring (bicyclic) bond motifs is 3. The van der Waals surface area contributed by atoms with Gasteiger partial charge in [-0.1, -0.05) is 18.2 Å². The minimum atomic E-state index is -1.39. The Labute approximate surface area is 273 Å². The molecule has 7 rings (SSSR count). The van der Waals surface area contributed by atoms with Crippen LogP contribution >= 0.6 is 0 Å². The second kappa shape index (κ2) is 11.5. The van der Waals surface area contributed by atoms with Crippen molar-refractivity contribution in [3.05, 3.63) is 71.4 Å². The normalized spacial score (nSPS) is 16.1. The Morgan fingerprint density at radius 1 is 1.02 bits per heavy atom. The van der Waals surface area contributed by atoms with Gasteiger partial charge < -0.3 is 31.5 Å². The first-order chi connectivity index (χ1) is 22.5. The molecule has 14 nitrogen and oxygen atoms in total. The van der Waals surface area contributed by atoms with Gasteiger partial charge in [0.05, 0.1) is 57.2 Å². The largest absolute Gasteiger partial charge is 0.366 e. The van der Waals surface area contributed by atoms with E-state index < -0.39 is 17.2 Å². The second-order valence-corrected chi connectivity index (χ2v) is 12.1. The number of nitrogens with one attached hydrogen (secondary N) is 3. The molecule has 5 heterocycles. The number of carbonyl (C=O) groups excluding carboxylic acids is 3. The van der Waals surface area contributed by atoms with Crippen LogP contribution in [0.2, 0.25) is 0 Å². The number of hydrogen-bond acceptors (Lipinski definition) is 10. The molecule has 1 aliphatic carbocycles. The maximum atomic E-state index is 12.7. The van der Waals surface area contributed by atoms with Gasteiger partial charge in [0.2, 0.25) is 5.91 Å². The lowest BCUT2D eigenvalue weighted by Crippen LogP contribution is -2.60. The van der Waals surface area contributed by atoms with Crippen molar-refractivity contribution in [3.8, 4) is 11.1 Å². The molecule has 1 saturated carbocycles. The van der Waals surface area contributed by atoms with Crippen molar-refractivity contribution in [2.45, 2.75) is 30.8 Å². The predicted molar refractivity (Wildman–Crippen MR) is 176 cm³/mol. The van der Waals surface area contributed by atoms with Crippen LogP contribution in [0.5, 0.6) is 0 Å². The van der Waals surface area contributed by atoms with Gasteiger partial charge in [-0.3, -0.25) is 19.1 Å². The van der Waals surface area contributed by atoms with Crippen LogP contribution in [0.25, 0.3) is 11.1 Å². The summed E-state index contributed by atoms with van der Waals surface area (Å²) in [7, 11) is 16.5. The summed E-state index contributed by atoms with van der Waals surface area (Å²) in [5.41, 5.74) is 11.0. The molecule has 0 bridgehead atoms. The number of benzene rings is 1. The number of likely N-dealkylation sites (tertiary alicyclic amines) is 1. The first kappa shape index (κ1) is 30.4. The van der Waals surface area contributed by atoms with Crippen molar-refractivity contribution in [3.63, 3.8) is 0 Å². The van der Waals surface area contributed by atoms with Crippen molar-refractivity contribution in [2.24, 2.45) is 11.7 Å². The highest BCUT2D eigenvalue weighted by Crippen LogP contribution is 2.45. The van der Waals surface area contributed by atoms with E-state index in [0.717, 1.165) is 41.0 Å². The van der Waals surface area contributed by atoms with Crippen LogP contribution in [0.15, 0.2) is 48.7 Å². The van der Waals surface area contributed by atoms with Crippen molar-refractivity contribution in [2.75, 3.05) is 42.7 Å². The predicted octanol–water partition coefficient (Wildman–Crippen LogP) is 1.24. The SMILES string of the molecule is [B]C([B])(c1cccc(C(N)=O)n1)N1CC(n2ncc3c2CN(C)c2c(Nc4cc(NC(=O)C5CC5)nnc4C(=O)NC)cccc2-3)C1. The van der Waals surface area contributed by atoms with E-state index >= 15 is 0 Å². The van der Waals surface area contributed by atoms with Gasteiger partial charge >= 0.3 is 0 Å². The van der Waals surface area contributed by atoms with E-state index in [1.54, 1.807) is 18.2 Å². The molecule has 3 amide bonds. The summed E-state index contributed by atoms with van der Waals surface area (Å²) in [4.78, 5) is 45.0. The summed E-state index contributed by atoms with van der Waals surface area (Å²) in [6, 6.07) is 12.4. The minimum Gasteiger partial charge on any atom is -0.366 e. The van der Waals surface area contributed by atoms with Gasteiger partial charge in [-0.05, 0) is 36.4 Å². The lowest BCUT2D eigenvalue weighted by atomic mass is 9.57. The molecular weight excluding hydrogens is 596 g/mol. The molecular formula is C31H31B2N11O3. The Bertz CT molecular complexity index is 1920. The molecule has 5 N–H and O–H groups in total. The fourth-order valence-corrected chi connectivity index (χ4v) is 6.08. The van der Waals surface area contributed by atoms with E-state index in [4.69, 9.17) is 26.5 Å².